The highest BCUT2D eigenvalue weighted by Gasteiger charge is 2.11. The molecule has 1 aromatic carbocycles. The Morgan fingerprint density at radius 3 is 2.03 bits per heavy atom. The first-order valence-electron chi connectivity index (χ1n) is 12.7. The van der Waals surface area contributed by atoms with Crippen molar-refractivity contribution in [1.82, 2.24) is 10.2 Å². The van der Waals surface area contributed by atoms with E-state index in [0.717, 1.165) is 25.4 Å². The third-order valence-corrected chi connectivity index (χ3v) is 6.02. The van der Waals surface area contributed by atoms with Gasteiger partial charge < -0.3 is 10.2 Å². The van der Waals surface area contributed by atoms with E-state index < -0.39 is 0 Å². The lowest BCUT2D eigenvalue weighted by molar-refractivity contribution is 0.245. The molecule has 0 bridgehead atoms. The molecule has 1 N–H and O–H groups in total. The number of nitrogens with one attached hydrogen (secondary N) is 1. The number of unbranched alkanes of at least 4 members (excludes halogenated alkanes) is 6. The average Bonchev–Trinajstić information content (AvgIpc) is 2.72. The molecule has 2 heteroatoms. The van der Waals surface area contributed by atoms with Crippen LogP contribution in [0.15, 0.2) is 24.3 Å². The van der Waals surface area contributed by atoms with Crippen LogP contribution in [0, 0.1) is 5.92 Å². The molecule has 0 amide bonds. The van der Waals surface area contributed by atoms with Gasteiger partial charge in [-0.05, 0) is 62.9 Å². The van der Waals surface area contributed by atoms with Crippen molar-refractivity contribution in [2.24, 2.45) is 5.92 Å². The molecule has 0 spiro atoms. The van der Waals surface area contributed by atoms with Crippen molar-refractivity contribution >= 4 is 0 Å². The van der Waals surface area contributed by atoms with E-state index in [4.69, 9.17) is 0 Å². The Balaban J connectivity index is 2.30. The summed E-state index contributed by atoms with van der Waals surface area (Å²) in [5, 5.41) is 3.59. The zero-order valence-electron chi connectivity index (χ0n) is 20.1. The maximum atomic E-state index is 3.59. The van der Waals surface area contributed by atoms with Crippen molar-refractivity contribution in [3.8, 4) is 0 Å². The first-order valence-corrected chi connectivity index (χ1v) is 12.7. The molecule has 1 aromatic rings. The number of hydrogen-bond acceptors (Lipinski definition) is 2. The van der Waals surface area contributed by atoms with Crippen LogP contribution in [0.4, 0.5) is 0 Å². The quantitative estimate of drug-likeness (QED) is 0.246. The van der Waals surface area contributed by atoms with E-state index in [0.29, 0.717) is 0 Å². The Bertz CT molecular complexity index is 468. The molecule has 0 aliphatic carbocycles. The van der Waals surface area contributed by atoms with Gasteiger partial charge in [0, 0.05) is 13.1 Å². The lowest BCUT2D eigenvalue weighted by Crippen LogP contribution is -2.25. The van der Waals surface area contributed by atoms with Crippen molar-refractivity contribution in [3.05, 3.63) is 35.4 Å². The minimum absolute atomic E-state index is 0.870. The second-order valence-electron chi connectivity index (χ2n) is 9.08. The zero-order valence-corrected chi connectivity index (χ0v) is 20.1. The minimum Gasteiger partial charge on any atom is -0.316 e. The average molecular weight is 403 g/mol. The molecule has 168 valence electrons. The Hall–Kier alpha value is -0.860. The third kappa shape index (κ3) is 13.9. The summed E-state index contributed by atoms with van der Waals surface area (Å²) in [5.41, 5.74) is 2.91. The summed E-state index contributed by atoms with van der Waals surface area (Å²) in [4.78, 5) is 2.54. The van der Waals surface area contributed by atoms with E-state index in [-0.39, 0.29) is 0 Å². The van der Waals surface area contributed by atoms with Crippen LogP contribution < -0.4 is 5.32 Å². The molecule has 0 aliphatic heterocycles. The molecule has 0 radical (unpaired) electrons. The largest absolute Gasteiger partial charge is 0.316 e. The van der Waals surface area contributed by atoms with Gasteiger partial charge in [0.15, 0.2) is 0 Å². The lowest BCUT2D eigenvalue weighted by Gasteiger charge is -2.24. The number of benzene rings is 1. The van der Waals surface area contributed by atoms with Crippen LogP contribution in [0.2, 0.25) is 0 Å². The predicted octanol–water partition coefficient (Wildman–Crippen LogP) is 7.22. The highest BCUT2D eigenvalue weighted by molar-refractivity contribution is 5.22. The summed E-state index contributed by atoms with van der Waals surface area (Å²) in [6.07, 6.45) is 16.1. The molecule has 1 unspecified atom stereocenters. The molecular weight excluding hydrogens is 352 g/mol. The molecule has 0 heterocycles. The Kier molecular flexibility index (Phi) is 16.2. The van der Waals surface area contributed by atoms with Crippen molar-refractivity contribution in [2.45, 2.75) is 104 Å². The standard InChI is InChI=1S/C27H50N2/c1-5-8-11-13-21-28-22-20-25-16-18-27(19-17-25)24-29(4)23-26(14-10-7-3)15-12-9-6-2/h16-19,26,28H,5-15,20-24H2,1-4H3. The van der Waals surface area contributed by atoms with Crippen LogP contribution in [0.3, 0.4) is 0 Å². The van der Waals surface area contributed by atoms with E-state index in [1.165, 1.54) is 94.8 Å². The van der Waals surface area contributed by atoms with Crippen LogP contribution in [0.25, 0.3) is 0 Å². The van der Waals surface area contributed by atoms with Crippen LogP contribution in [0.5, 0.6) is 0 Å². The van der Waals surface area contributed by atoms with Gasteiger partial charge in [-0.2, -0.15) is 0 Å². The molecule has 2 nitrogen and oxygen atoms in total. The zero-order chi connectivity index (χ0) is 21.2. The maximum Gasteiger partial charge on any atom is 0.0230 e. The summed E-state index contributed by atoms with van der Waals surface area (Å²) in [6.45, 7) is 11.5. The molecular formula is C27H50N2. The second kappa shape index (κ2) is 18.0. The van der Waals surface area contributed by atoms with E-state index in [1.807, 2.05) is 0 Å². The van der Waals surface area contributed by atoms with Crippen LogP contribution in [-0.2, 0) is 13.0 Å². The summed E-state index contributed by atoms with van der Waals surface area (Å²) >= 11 is 0. The van der Waals surface area contributed by atoms with Gasteiger partial charge in [0.05, 0.1) is 0 Å². The molecule has 1 rings (SSSR count). The SMILES string of the molecule is CCCCCCNCCc1ccc(CN(C)CC(CCCC)CCCCC)cc1. The number of hydrogen-bond donors (Lipinski definition) is 1. The molecule has 0 saturated heterocycles. The van der Waals surface area contributed by atoms with Crippen molar-refractivity contribution in [1.29, 1.82) is 0 Å². The van der Waals surface area contributed by atoms with Gasteiger partial charge in [-0.1, -0.05) is 96.4 Å². The molecule has 0 aliphatic rings. The molecule has 29 heavy (non-hydrogen) atoms. The fourth-order valence-corrected chi connectivity index (χ4v) is 4.17. The molecule has 0 saturated carbocycles. The summed E-state index contributed by atoms with van der Waals surface area (Å²) < 4.78 is 0. The van der Waals surface area contributed by atoms with Crippen LogP contribution in [0.1, 0.15) is 103 Å². The summed E-state index contributed by atoms with van der Waals surface area (Å²) in [7, 11) is 2.30. The normalized spacial score (nSPS) is 12.6. The summed E-state index contributed by atoms with van der Waals surface area (Å²) in [6, 6.07) is 9.34. The smallest absolute Gasteiger partial charge is 0.0230 e. The van der Waals surface area contributed by atoms with E-state index in [2.05, 4.69) is 62.3 Å². The van der Waals surface area contributed by atoms with Crippen LogP contribution >= 0.6 is 0 Å². The van der Waals surface area contributed by atoms with Gasteiger partial charge in [-0.15, -0.1) is 0 Å². The molecule has 0 aromatic heterocycles. The Labute approximate surface area is 182 Å². The summed E-state index contributed by atoms with van der Waals surface area (Å²) in [5.74, 6) is 0.870. The second-order valence-corrected chi connectivity index (χ2v) is 9.08. The van der Waals surface area contributed by atoms with E-state index >= 15 is 0 Å². The van der Waals surface area contributed by atoms with Crippen LogP contribution in [-0.4, -0.2) is 31.6 Å². The van der Waals surface area contributed by atoms with Crippen molar-refractivity contribution in [2.75, 3.05) is 26.7 Å². The first-order chi connectivity index (χ1) is 14.2. The highest BCUT2D eigenvalue weighted by atomic mass is 15.1. The number of rotatable bonds is 19. The van der Waals surface area contributed by atoms with Gasteiger partial charge in [0.1, 0.15) is 0 Å². The molecule has 1 atom stereocenters. The fourth-order valence-electron chi connectivity index (χ4n) is 4.17. The minimum atomic E-state index is 0.870. The van der Waals surface area contributed by atoms with Crippen molar-refractivity contribution in [3.63, 3.8) is 0 Å². The number of nitrogens with zero attached hydrogens (tertiary/aromatic N) is 1. The predicted molar refractivity (Wildman–Crippen MR) is 131 cm³/mol. The Morgan fingerprint density at radius 2 is 1.34 bits per heavy atom. The van der Waals surface area contributed by atoms with Gasteiger partial charge in [0.2, 0.25) is 0 Å². The van der Waals surface area contributed by atoms with Gasteiger partial charge in [0.25, 0.3) is 0 Å². The first kappa shape index (κ1) is 26.2. The molecule has 0 fully saturated rings. The third-order valence-electron chi connectivity index (χ3n) is 6.02. The lowest BCUT2D eigenvalue weighted by atomic mass is 9.95. The van der Waals surface area contributed by atoms with Gasteiger partial charge in [-0.3, -0.25) is 0 Å². The van der Waals surface area contributed by atoms with Crippen molar-refractivity contribution < 1.29 is 0 Å². The topological polar surface area (TPSA) is 15.3 Å². The maximum absolute atomic E-state index is 3.59. The van der Waals surface area contributed by atoms with E-state index in [1.54, 1.807) is 0 Å². The van der Waals surface area contributed by atoms with E-state index in [9.17, 15) is 0 Å². The van der Waals surface area contributed by atoms with Gasteiger partial charge in [-0.25, -0.2) is 0 Å². The Morgan fingerprint density at radius 1 is 0.724 bits per heavy atom. The monoisotopic (exact) mass is 402 g/mol. The van der Waals surface area contributed by atoms with Gasteiger partial charge >= 0.3 is 0 Å². The fraction of sp³-hybridized carbons (Fsp3) is 0.778. The highest BCUT2D eigenvalue weighted by Crippen LogP contribution is 2.19.